The van der Waals surface area contributed by atoms with Gasteiger partial charge in [0.25, 0.3) is 0 Å². The monoisotopic (exact) mass is 868 g/mol. The zero-order chi connectivity index (χ0) is 38.4. The van der Waals surface area contributed by atoms with Gasteiger partial charge in [0.2, 0.25) is 0 Å². The summed E-state index contributed by atoms with van der Waals surface area (Å²) in [6.45, 7) is 4.57. The Hall–Kier alpha value is -3.82. The topological polar surface area (TPSA) is 9.72 Å². The van der Waals surface area contributed by atoms with E-state index in [9.17, 15) is 0 Å². The average Bonchev–Trinajstić information content (AvgIpc) is 3.20. The number of hydrogen-bond donors (Lipinski definition) is 0. The van der Waals surface area contributed by atoms with Crippen molar-refractivity contribution in [1.29, 1.82) is 0 Å². The first-order valence-corrected chi connectivity index (χ1v) is 19.8. The van der Waals surface area contributed by atoms with Crippen LogP contribution in [-0.4, -0.2) is 27.7 Å². The molecule has 0 saturated carbocycles. The third-order valence-corrected chi connectivity index (χ3v) is 9.62. The van der Waals surface area contributed by atoms with Crippen molar-refractivity contribution in [2.24, 2.45) is 0 Å². The van der Waals surface area contributed by atoms with Gasteiger partial charge in [0, 0.05) is 39.3 Å². The minimum absolute atomic E-state index is 0. The summed E-state index contributed by atoms with van der Waals surface area (Å²) >= 11 is 30.9. The molecule has 1 radical (unpaired) electrons. The van der Waals surface area contributed by atoms with Crippen molar-refractivity contribution in [2.45, 2.75) is 39.3 Å². The molecule has 0 aliphatic carbocycles. The molecule has 55 heavy (non-hydrogen) atoms. The average molecular weight is 869 g/mol. The van der Waals surface area contributed by atoms with Crippen molar-refractivity contribution in [1.82, 2.24) is 14.7 Å². The third kappa shape index (κ3) is 18.1. The van der Waals surface area contributed by atoms with Crippen molar-refractivity contribution in [3.63, 3.8) is 0 Å². The SMILES string of the molecule is S=C([S-])N(Cc1ccccc1)Cc1ccccc1.S=C([S-])N(Cc1ccccc1)Cc1ccccc1.S=C([S-])N(Cc1ccccc1)Cc1ccccc1.[Cr+3]. The van der Waals surface area contributed by atoms with Gasteiger partial charge in [-0.05, 0) is 33.4 Å². The smallest absolute Gasteiger partial charge is 0.411 e. The van der Waals surface area contributed by atoms with E-state index >= 15 is 0 Å². The van der Waals surface area contributed by atoms with E-state index in [-0.39, 0.29) is 17.4 Å². The molecular formula is C45H42CrN3S6. The van der Waals surface area contributed by atoms with Crippen LogP contribution >= 0.6 is 36.7 Å². The minimum atomic E-state index is 0. The second kappa shape index (κ2) is 26.1. The molecule has 0 bridgehead atoms. The van der Waals surface area contributed by atoms with E-state index in [0.717, 1.165) is 39.3 Å². The fourth-order valence-corrected chi connectivity index (χ4v) is 6.15. The summed E-state index contributed by atoms with van der Waals surface area (Å²) in [4.78, 5) is 6.11. The zero-order valence-corrected chi connectivity index (χ0v) is 36.4. The van der Waals surface area contributed by atoms with Crippen LogP contribution in [-0.2, 0) is 94.5 Å². The van der Waals surface area contributed by atoms with Crippen LogP contribution in [0.4, 0.5) is 0 Å². The van der Waals surface area contributed by atoms with Gasteiger partial charge in [-0.3, -0.25) is 0 Å². The molecule has 3 nitrogen and oxygen atoms in total. The molecule has 10 heteroatoms. The van der Waals surface area contributed by atoms with Gasteiger partial charge in [0.05, 0.1) is 0 Å². The van der Waals surface area contributed by atoms with Gasteiger partial charge in [0.15, 0.2) is 0 Å². The van der Waals surface area contributed by atoms with Crippen LogP contribution in [0.2, 0.25) is 0 Å². The number of nitrogens with zero attached hydrogens (tertiary/aromatic N) is 3. The normalized spacial score (nSPS) is 9.82. The summed E-state index contributed by atoms with van der Waals surface area (Å²) in [5.74, 6) is 0. The maximum Gasteiger partial charge on any atom is 3.00 e. The number of benzene rings is 6. The summed E-state index contributed by atoms with van der Waals surface area (Å²) in [5, 5.41) is 0. The summed E-state index contributed by atoms with van der Waals surface area (Å²) < 4.78 is 1.55. The molecule has 6 aromatic carbocycles. The molecule has 0 unspecified atom stereocenters. The van der Waals surface area contributed by atoms with Crippen molar-refractivity contribution in [3.05, 3.63) is 215 Å². The quantitative estimate of drug-likeness (QED) is 0.0871. The molecule has 0 saturated heterocycles. The van der Waals surface area contributed by atoms with Crippen LogP contribution in [0.5, 0.6) is 0 Å². The van der Waals surface area contributed by atoms with Crippen molar-refractivity contribution < 1.29 is 17.4 Å². The Kier molecular flexibility index (Phi) is 21.6. The molecule has 0 amide bonds. The Labute approximate surface area is 371 Å². The van der Waals surface area contributed by atoms with Crippen LogP contribution in [0.15, 0.2) is 182 Å². The van der Waals surface area contributed by atoms with Gasteiger partial charge in [0.1, 0.15) is 0 Å². The van der Waals surface area contributed by atoms with E-state index in [2.05, 4.69) is 72.8 Å². The van der Waals surface area contributed by atoms with E-state index in [1.807, 2.05) is 124 Å². The summed E-state index contributed by atoms with van der Waals surface area (Å²) in [5.41, 5.74) is 7.34. The van der Waals surface area contributed by atoms with Crippen LogP contribution in [0.3, 0.4) is 0 Å². The van der Waals surface area contributed by atoms with Gasteiger partial charge < -0.3 is 89.2 Å². The Morgan fingerprint density at radius 1 is 0.291 bits per heavy atom. The molecule has 0 heterocycles. The predicted octanol–water partition coefficient (Wildman–Crippen LogP) is 10.6. The maximum absolute atomic E-state index is 5.16. The van der Waals surface area contributed by atoms with E-state index in [4.69, 9.17) is 74.5 Å². The zero-order valence-electron chi connectivity index (χ0n) is 30.3. The fourth-order valence-electron chi connectivity index (χ4n) is 5.38. The molecule has 0 aliphatic heterocycles. The third-order valence-electron chi connectivity index (χ3n) is 8.07. The van der Waals surface area contributed by atoms with Crippen molar-refractivity contribution in [3.8, 4) is 0 Å². The van der Waals surface area contributed by atoms with E-state index in [1.165, 1.54) is 33.4 Å². The van der Waals surface area contributed by atoms with E-state index < -0.39 is 0 Å². The summed E-state index contributed by atoms with van der Waals surface area (Å²) in [7, 11) is 0. The van der Waals surface area contributed by atoms with Crippen LogP contribution in [0.1, 0.15) is 33.4 Å². The van der Waals surface area contributed by atoms with Crippen LogP contribution in [0.25, 0.3) is 0 Å². The molecular weight excluding hydrogens is 827 g/mol. The summed E-state index contributed by atoms with van der Waals surface area (Å²) in [6, 6.07) is 61.5. The van der Waals surface area contributed by atoms with Gasteiger partial charge in [-0.1, -0.05) is 195 Å². The Morgan fingerprint density at radius 2 is 0.418 bits per heavy atom. The largest absolute Gasteiger partial charge is 3.00 e. The molecule has 6 rings (SSSR count). The van der Waals surface area contributed by atoms with Crippen molar-refractivity contribution in [2.75, 3.05) is 0 Å². The van der Waals surface area contributed by atoms with Gasteiger partial charge in [-0.25, -0.2) is 0 Å². The van der Waals surface area contributed by atoms with Crippen LogP contribution in [0, 0.1) is 0 Å². The maximum atomic E-state index is 5.16. The number of thiocarbonyl (C=S) groups is 3. The molecule has 0 fully saturated rings. The number of hydrogen-bond acceptors (Lipinski definition) is 6. The standard InChI is InChI=1S/3C15H15NS2.Cr/c3*17-15(18)16(11-13-7-3-1-4-8-13)12-14-9-5-2-6-10-14;/h3*1-10H,11-12H2,(H,17,18);/q;;;+3/p-3. The first kappa shape index (κ1) is 45.6. The second-order valence-electron chi connectivity index (χ2n) is 12.3. The molecule has 0 spiro atoms. The molecule has 279 valence electrons. The Balaban J connectivity index is 0.000000220. The first-order valence-electron chi connectivity index (χ1n) is 17.4. The Bertz CT molecular complexity index is 1600. The van der Waals surface area contributed by atoms with Crippen molar-refractivity contribution >= 4 is 87.5 Å². The molecule has 6 aromatic rings. The fraction of sp³-hybridized carbons (Fsp3) is 0.133. The molecule has 0 aliphatic rings. The van der Waals surface area contributed by atoms with Crippen LogP contribution < -0.4 is 0 Å². The number of rotatable bonds is 12. The molecule has 0 atom stereocenters. The second-order valence-corrected chi connectivity index (χ2v) is 15.4. The molecule has 0 aromatic heterocycles. The van der Waals surface area contributed by atoms with Gasteiger partial charge >= 0.3 is 17.4 Å². The van der Waals surface area contributed by atoms with E-state index in [0.29, 0.717) is 13.0 Å². The van der Waals surface area contributed by atoms with Gasteiger partial charge in [-0.15, -0.1) is 0 Å². The van der Waals surface area contributed by atoms with Gasteiger partial charge in [-0.2, -0.15) is 0 Å². The van der Waals surface area contributed by atoms with E-state index in [1.54, 1.807) is 0 Å². The molecule has 0 N–H and O–H groups in total. The first-order chi connectivity index (χ1) is 26.3. The predicted molar refractivity (Wildman–Crippen MR) is 246 cm³/mol. The minimum Gasteiger partial charge on any atom is -0.411 e. The summed E-state index contributed by atoms with van der Waals surface area (Å²) in [6.07, 6.45) is 0. The Morgan fingerprint density at radius 3 is 0.527 bits per heavy atom.